The first-order chi connectivity index (χ1) is 6.52. The van der Waals surface area contributed by atoms with Crippen molar-refractivity contribution in [3.63, 3.8) is 0 Å². The fraction of sp³-hybridized carbons (Fsp3) is 0.500. The highest BCUT2D eigenvalue weighted by Crippen LogP contribution is 2.08. The van der Waals surface area contributed by atoms with Gasteiger partial charge in [0.1, 0.15) is 6.33 Å². The molecule has 5 nitrogen and oxygen atoms in total. The fourth-order valence-electron chi connectivity index (χ4n) is 0.808. The molecule has 0 aliphatic rings. The van der Waals surface area contributed by atoms with Crippen molar-refractivity contribution in [2.24, 2.45) is 0 Å². The Hall–Kier alpha value is -1.60. The van der Waals surface area contributed by atoms with Gasteiger partial charge in [0.25, 0.3) is 6.43 Å². The molecule has 14 heavy (non-hydrogen) atoms. The number of alkyl halides is 3. The number of carboxylic acid groups (broad SMARTS) is 1. The third kappa shape index (κ3) is 2.21. The summed E-state index contributed by atoms with van der Waals surface area (Å²) in [7, 11) is 0. The van der Waals surface area contributed by atoms with E-state index in [1.165, 1.54) is 0 Å². The highest BCUT2D eigenvalue weighted by Gasteiger charge is 2.23. The minimum absolute atomic E-state index is 0.562. The Balaban J connectivity index is 2.76. The molecule has 1 rings (SSSR count). The van der Waals surface area contributed by atoms with Crippen LogP contribution in [0.25, 0.3) is 0 Å². The molecule has 0 aromatic carbocycles. The lowest BCUT2D eigenvalue weighted by Crippen LogP contribution is -2.23. The maximum absolute atomic E-state index is 12.5. The third-order valence-corrected chi connectivity index (χ3v) is 1.43. The predicted molar refractivity (Wildman–Crippen MR) is 37.9 cm³/mol. The van der Waals surface area contributed by atoms with Crippen molar-refractivity contribution in [2.75, 3.05) is 0 Å². The molecule has 1 aromatic rings. The summed E-state index contributed by atoms with van der Waals surface area (Å²) in [5, 5.41) is 11.8. The molecule has 0 radical (unpaired) electrons. The van der Waals surface area contributed by atoms with Gasteiger partial charge in [0, 0.05) is 0 Å². The van der Waals surface area contributed by atoms with Gasteiger partial charge in [-0.3, -0.25) is 0 Å². The van der Waals surface area contributed by atoms with Crippen LogP contribution in [0.4, 0.5) is 13.2 Å². The lowest BCUT2D eigenvalue weighted by molar-refractivity contribution is 0.0369. The van der Waals surface area contributed by atoms with Gasteiger partial charge >= 0.3 is 5.97 Å². The average molecular weight is 209 g/mol. The van der Waals surface area contributed by atoms with Crippen molar-refractivity contribution in [3.8, 4) is 0 Å². The quantitative estimate of drug-likeness (QED) is 0.787. The average Bonchev–Trinajstić information content (AvgIpc) is 2.52. The molecule has 0 fully saturated rings. The molecule has 1 N–H and O–H groups in total. The second-order valence-electron chi connectivity index (χ2n) is 2.42. The molecule has 0 aliphatic carbocycles. The van der Waals surface area contributed by atoms with Crippen LogP contribution in [-0.2, 0) is 6.54 Å². The highest BCUT2D eigenvalue weighted by atomic mass is 19.3. The van der Waals surface area contributed by atoms with Crippen LogP contribution >= 0.6 is 0 Å². The molecular formula is C6H6F3N3O2. The zero-order valence-electron chi connectivity index (χ0n) is 6.77. The standard InChI is InChI=1S/C6H6F3N3O2/c7-3(4(8)9)1-12-5(6(13)14)10-2-11-12/h2-4H,1H2,(H,13,14). The molecule has 0 spiro atoms. The van der Waals surface area contributed by atoms with Gasteiger partial charge in [-0.25, -0.2) is 27.6 Å². The van der Waals surface area contributed by atoms with Gasteiger partial charge in [-0.15, -0.1) is 0 Å². The van der Waals surface area contributed by atoms with E-state index in [1.54, 1.807) is 0 Å². The van der Waals surface area contributed by atoms with Crippen molar-refractivity contribution in [1.82, 2.24) is 14.8 Å². The molecular weight excluding hydrogens is 203 g/mol. The van der Waals surface area contributed by atoms with Gasteiger partial charge in [0.2, 0.25) is 5.82 Å². The van der Waals surface area contributed by atoms with E-state index in [-0.39, 0.29) is 0 Å². The van der Waals surface area contributed by atoms with E-state index < -0.39 is 30.9 Å². The van der Waals surface area contributed by atoms with Crippen LogP contribution in [0.15, 0.2) is 6.33 Å². The molecule has 1 aromatic heterocycles. The summed E-state index contributed by atoms with van der Waals surface area (Å²) < 4.78 is 36.6. The minimum Gasteiger partial charge on any atom is -0.475 e. The van der Waals surface area contributed by atoms with Gasteiger partial charge in [-0.2, -0.15) is 5.10 Å². The first-order valence-electron chi connectivity index (χ1n) is 3.55. The van der Waals surface area contributed by atoms with Crippen LogP contribution in [0.2, 0.25) is 0 Å². The maximum Gasteiger partial charge on any atom is 0.373 e. The normalized spacial score (nSPS) is 13.1. The van der Waals surface area contributed by atoms with Crippen LogP contribution in [0, 0.1) is 0 Å². The van der Waals surface area contributed by atoms with E-state index in [0.717, 1.165) is 6.33 Å². The molecule has 78 valence electrons. The van der Waals surface area contributed by atoms with Gasteiger partial charge in [-0.05, 0) is 0 Å². The Labute approximate surface area is 76.2 Å². The number of carboxylic acids is 1. The molecule has 1 heterocycles. The Morgan fingerprint density at radius 1 is 1.57 bits per heavy atom. The lowest BCUT2D eigenvalue weighted by Gasteiger charge is -2.07. The van der Waals surface area contributed by atoms with E-state index in [0.29, 0.717) is 4.68 Å². The molecule has 1 atom stereocenters. The Morgan fingerprint density at radius 2 is 2.21 bits per heavy atom. The molecule has 1 unspecified atom stereocenters. The van der Waals surface area contributed by atoms with E-state index in [2.05, 4.69) is 10.1 Å². The molecule has 0 saturated heterocycles. The van der Waals surface area contributed by atoms with Crippen molar-refractivity contribution in [1.29, 1.82) is 0 Å². The van der Waals surface area contributed by atoms with Crippen molar-refractivity contribution in [2.45, 2.75) is 19.1 Å². The Bertz CT molecular complexity index is 328. The predicted octanol–water partition coefficient (Wildman–Crippen LogP) is 0.579. The van der Waals surface area contributed by atoms with Crippen LogP contribution < -0.4 is 0 Å². The van der Waals surface area contributed by atoms with Crippen LogP contribution in [0.3, 0.4) is 0 Å². The number of carbonyl (C=O) groups is 1. The van der Waals surface area contributed by atoms with E-state index in [9.17, 15) is 18.0 Å². The third-order valence-electron chi connectivity index (χ3n) is 1.43. The topological polar surface area (TPSA) is 68.0 Å². The van der Waals surface area contributed by atoms with Gasteiger partial charge in [-0.1, -0.05) is 0 Å². The molecule has 0 bridgehead atoms. The Morgan fingerprint density at radius 3 is 2.71 bits per heavy atom. The van der Waals surface area contributed by atoms with Crippen LogP contribution in [0.5, 0.6) is 0 Å². The van der Waals surface area contributed by atoms with E-state index >= 15 is 0 Å². The second-order valence-corrected chi connectivity index (χ2v) is 2.42. The summed E-state index contributed by atoms with van der Waals surface area (Å²) >= 11 is 0. The van der Waals surface area contributed by atoms with Crippen molar-refractivity contribution >= 4 is 5.97 Å². The number of aromatic carboxylic acids is 1. The largest absolute Gasteiger partial charge is 0.475 e. The number of aromatic nitrogens is 3. The number of hydrogen-bond acceptors (Lipinski definition) is 3. The van der Waals surface area contributed by atoms with Crippen LogP contribution in [0.1, 0.15) is 10.6 Å². The monoisotopic (exact) mass is 209 g/mol. The molecule has 0 saturated carbocycles. The fourth-order valence-corrected chi connectivity index (χ4v) is 0.808. The first-order valence-corrected chi connectivity index (χ1v) is 3.55. The number of hydrogen-bond donors (Lipinski definition) is 1. The lowest BCUT2D eigenvalue weighted by atomic mass is 10.4. The SMILES string of the molecule is O=C(O)c1ncnn1CC(F)C(F)F. The van der Waals surface area contributed by atoms with Gasteiger partial charge < -0.3 is 5.11 Å². The smallest absolute Gasteiger partial charge is 0.373 e. The summed E-state index contributed by atoms with van der Waals surface area (Å²) in [5.41, 5.74) is 0. The number of rotatable bonds is 4. The summed E-state index contributed by atoms with van der Waals surface area (Å²) in [6, 6.07) is 0. The van der Waals surface area contributed by atoms with E-state index in [1.807, 2.05) is 0 Å². The van der Waals surface area contributed by atoms with Crippen LogP contribution in [-0.4, -0.2) is 38.4 Å². The number of halogens is 3. The highest BCUT2D eigenvalue weighted by molar-refractivity contribution is 5.83. The first kappa shape index (κ1) is 10.5. The summed E-state index contributed by atoms with van der Waals surface area (Å²) in [6.45, 7) is -0.820. The zero-order valence-corrected chi connectivity index (χ0v) is 6.77. The Kier molecular flexibility index (Phi) is 3.05. The second kappa shape index (κ2) is 4.07. The van der Waals surface area contributed by atoms with Gasteiger partial charge in [0.05, 0.1) is 6.54 Å². The van der Waals surface area contributed by atoms with E-state index in [4.69, 9.17) is 5.11 Å². The number of nitrogens with zero attached hydrogens (tertiary/aromatic N) is 3. The molecule has 0 amide bonds. The zero-order chi connectivity index (χ0) is 10.7. The summed E-state index contributed by atoms with van der Waals surface area (Å²) in [4.78, 5) is 13.7. The van der Waals surface area contributed by atoms with Crippen molar-refractivity contribution < 1.29 is 23.1 Å². The summed E-state index contributed by atoms with van der Waals surface area (Å²) in [6.07, 6.45) is -4.75. The van der Waals surface area contributed by atoms with Gasteiger partial charge in [0.15, 0.2) is 6.17 Å². The van der Waals surface area contributed by atoms with Crippen molar-refractivity contribution in [3.05, 3.63) is 12.2 Å². The maximum atomic E-state index is 12.5. The summed E-state index contributed by atoms with van der Waals surface area (Å²) in [5.74, 6) is -2.00. The minimum atomic E-state index is -3.17. The molecule has 0 aliphatic heterocycles. The molecule has 8 heteroatoms.